The predicted octanol–water partition coefficient (Wildman–Crippen LogP) is 4.83. The Hall–Kier alpha value is -1.89. The molecular formula is C20H22FNO3S. The molecule has 4 nitrogen and oxygen atoms in total. The van der Waals surface area contributed by atoms with E-state index in [-0.39, 0.29) is 5.82 Å². The fourth-order valence-electron chi connectivity index (χ4n) is 3.17. The van der Waals surface area contributed by atoms with Crippen LogP contribution in [0.4, 0.5) is 4.39 Å². The summed E-state index contributed by atoms with van der Waals surface area (Å²) in [5.41, 5.74) is 1.70. The molecule has 0 aromatic heterocycles. The maximum absolute atomic E-state index is 14.3. The third-order valence-electron chi connectivity index (χ3n) is 4.73. The SMILES string of the molecule is COC1(c2cc(F)cc(Sc3cccc(C(C)=NO)c3)c2)CCOCC1. The smallest absolute Gasteiger partial charge is 0.124 e. The molecule has 0 amide bonds. The third kappa shape index (κ3) is 4.09. The molecule has 1 saturated heterocycles. The van der Waals surface area contributed by atoms with Gasteiger partial charge in [-0.3, -0.25) is 0 Å². The summed E-state index contributed by atoms with van der Waals surface area (Å²) < 4.78 is 25.5. The van der Waals surface area contributed by atoms with Crippen molar-refractivity contribution in [2.45, 2.75) is 35.2 Å². The molecule has 2 aromatic carbocycles. The Balaban J connectivity index is 1.91. The van der Waals surface area contributed by atoms with Crippen molar-refractivity contribution >= 4 is 17.5 Å². The average molecular weight is 375 g/mol. The topological polar surface area (TPSA) is 51.0 Å². The highest BCUT2D eigenvalue weighted by atomic mass is 32.2. The van der Waals surface area contributed by atoms with Gasteiger partial charge in [0.2, 0.25) is 0 Å². The van der Waals surface area contributed by atoms with E-state index in [9.17, 15) is 4.39 Å². The number of oxime groups is 1. The first-order valence-corrected chi connectivity index (χ1v) is 9.29. The van der Waals surface area contributed by atoms with Crippen LogP contribution in [-0.2, 0) is 15.1 Å². The fraction of sp³-hybridized carbons (Fsp3) is 0.350. The summed E-state index contributed by atoms with van der Waals surface area (Å²) >= 11 is 1.47. The standard InChI is InChI=1S/C20H22FNO3S/c1-14(22-23)15-4-3-5-18(10-15)26-19-12-16(11-17(21)13-19)20(24-2)6-8-25-9-7-20/h3-5,10-13,23H,6-9H2,1-2H3. The zero-order valence-corrected chi connectivity index (χ0v) is 15.7. The second kappa shape index (κ2) is 8.20. The summed E-state index contributed by atoms with van der Waals surface area (Å²) in [5, 5.41) is 12.2. The third-order valence-corrected chi connectivity index (χ3v) is 5.69. The molecule has 0 spiro atoms. The van der Waals surface area contributed by atoms with Gasteiger partial charge in [-0.2, -0.15) is 0 Å². The monoisotopic (exact) mass is 375 g/mol. The molecular weight excluding hydrogens is 353 g/mol. The minimum atomic E-state index is -0.502. The number of benzene rings is 2. The molecule has 1 aliphatic rings. The van der Waals surface area contributed by atoms with Crippen molar-refractivity contribution in [3.63, 3.8) is 0 Å². The Bertz CT molecular complexity index is 803. The first-order chi connectivity index (χ1) is 12.6. The van der Waals surface area contributed by atoms with Gasteiger partial charge in [0.25, 0.3) is 0 Å². The molecule has 0 radical (unpaired) electrons. The number of methoxy groups -OCH3 is 1. The highest BCUT2D eigenvalue weighted by Gasteiger charge is 2.35. The van der Waals surface area contributed by atoms with Crippen LogP contribution in [0.5, 0.6) is 0 Å². The summed E-state index contributed by atoms with van der Waals surface area (Å²) in [6, 6.07) is 12.7. The first-order valence-electron chi connectivity index (χ1n) is 8.47. The lowest BCUT2D eigenvalue weighted by Gasteiger charge is -2.36. The second-order valence-corrected chi connectivity index (χ2v) is 7.45. The molecule has 26 heavy (non-hydrogen) atoms. The van der Waals surface area contributed by atoms with Crippen molar-refractivity contribution in [2.24, 2.45) is 5.16 Å². The van der Waals surface area contributed by atoms with Gasteiger partial charge >= 0.3 is 0 Å². The van der Waals surface area contributed by atoms with Crippen LogP contribution in [0.1, 0.15) is 30.9 Å². The Morgan fingerprint density at radius 2 is 1.96 bits per heavy atom. The zero-order valence-electron chi connectivity index (χ0n) is 14.9. The van der Waals surface area contributed by atoms with E-state index in [0.717, 1.165) is 20.9 Å². The fourth-order valence-corrected chi connectivity index (χ4v) is 4.14. The van der Waals surface area contributed by atoms with E-state index in [1.165, 1.54) is 17.8 Å². The lowest BCUT2D eigenvalue weighted by molar-refractivity contribution is -0.0950. The summed E-state index contributed by atoms with van der Waals surface area (Å²) in [4.78, 5) is 1.75. The summed E-state index contributed by atoms with van der Waals surface area (Å²) in [5.74, 6) is -0.280. The van der Waals surface area contributed by atoms with Gasteiger partial charge in [0, 0.05) is 48.5 Å². The maximum Gasteiger partial charge on any atom is 0.124 e. The van der Waals surface area contributed by atoms with Crippen LogP contribution in [-0.4, -0.2) is 31.2 Å². The second-order valence-electron chi connectivity index (χ2n) is 6.30. The molecule has 1 fully saturated rings. The Morgan fingerprint density at radius 3 is 2.65 bits per heavy atom. The molecule has 1 heterocycles. The molecule has 138 valence electrons. The average Bonchev–Trinajstić information content (AvgIpc) is 2.67. The van der Waals surface area contributed by atoms with E-state index in [2.05, 4.69) is 5.16 Å². The largest absolute Gasteiger partial charge is 0.411 e. The number of hydrogen-bond donors (Lipinski definition) is 1. The molecule has 0 atom stereocenters. The molecule has 0 aliphatic carbocycles. The van der Waals surface area contributed by atoms with E-state index in [4.69, 9.17) is 14.7 Å². The molecule has 6 heteroatoms. The van der Waals surface area contributed by atoms with Crippen molar-refractivity contribution in [1.29, 1.82) is 0 Å². The Kier molecular flexibility index (Phi) is 5.96. The number of halogens is 1. The van der Waals surface area contributed by atoms with Crippen molar-refractivity contribution in [3.05, 3.63) is 59.4 Å². The van der Waals surface area contributed by atoms with Crippen LogP contribution in [0.2, 0.25) is 0 Å². The lowest BCUT2D eigenvalue weighted by atomic mass is 9.86. The highest BCUT2D eigenvalue weighted by Crippen LogP contribution is 2.39. The summed E-state index contributed by atoms with van der Waals surface area (Å²) in [7, 11) is 1.67. The molecule has 3 rings (SSSR count). The molecule has 1 aliphatic heterocycles. The van der Waals surface area contributed by atoms with Gasteiger partial charge in [-0.1, -0.05) is 29.1 Å². The van der Waals surface area contributed by atoms with Crippen LogP contribution >= 0.6 is 11.8 Å². The number of ether oxygens (including phenoxy) is 2. The Labute approximate surface area is 157 Å². The van der Waals surface area contributed by atoms with Gasteiger partial charge in [-0.05, 0) is 42.8 Å². The minimum Gasteiger partial charge on any atom is -0.411 e. The first kappa shape index (κ1) is 18.9. The lowest BCUT2D eigenvalue weighted by Crippen LogP contribution is -2.35. The normalized spacial score (nSPS) is 17.3. The van der Waals surface area contributed by atoms with Gasteiger partial charge in [0.1, 0.15) is 5.82 Å². The van der Waals surface area contributed by atoms with Crippen LogP contribution < -0.4 is 0 Å². The van der Waals surface area contributed by atoms with Gasteiger partial charge in [0.05, 0.1) is 11.3 Å². The summed E-state index contributed by atoms with van der Waals surface area (Å²) in [6.07, 6.45) is 1.41. The van der Waals surface area contributed by atoms with E-state index in [1.807, 2.05) is 30.3 Å². The van der Waals surface area contributed by atoms with Crippen molar-refractivity contribution in [3.8, 4) is 0 Å². The maximum atomic E-state index is 14.3. The molecule has 0 saturated carbocycles. The number of rotatable bonds is 5. The van der Waals surface area contributed by atoms with Crippen molar-refractivity contribution < 1.29 is 19.1 Å². The molecule has 1 N–H and O–H groups in total. The molecule has 0 unspecified atom stereocenters. The van der Waals surface area contributed by atoms with Gasteiger partial charge in [-0.25, -0.2) is 4.39 Å². The number of hydrogen-bond acceptors (Lipinski definition) is 5. The zero-order chi connectivity index (χ0) is 18.6. The van der Waals surface area contributed by atoms with E-state index in [0.29, 0.717) is 31.8 Å². The van der Waals surface area contributed by atoms with E-state index < -0.39 is 5.60 Å². The Morgan fingerprint density at radius 1 is 1.19 bits per heavy atom. The van der Waals surface area contributed by atoms with Crippen LogP contribution in [0.25, 0.3) is 0 Å². The summed E-state index contributed by atoms with van der Waals surface area (Å²) in [6.45, 7) is 2.95. The minimum absolute atomic E-state index is 0.280. The van der Waals surface area contributed by atoms with Gasteiger partial charge in [0.15, 0.2) is 0 Å². The van der Waals surface area contributed by atoms with Gasteiger partial charge < -0.3 is 14.7 Å². The van der Waals surface area contributed by atoms with Gasteiger partial charge in [-0.15, -0.1) is 0 Å². The molecule has 0 bridgehead atoms. The van der Waals surface area contributed by atoms with E-state index >= 15 is 0 Å². The van der Waals surface area contributed by atoms with Crippen LogP contribution in [0, 0.1) is 5.82 Å². The predicted molar refractivity (Wildman–Crippen MR) is 99.7 cm³/mol. The number of nitrogens with zero attached hydrogens (tertiary/aromatic N) is 1. The van der Waals surface area contributed by atoms with Crippen molar-refractivity contribution in [1.82, 2.24) is 0 Å². The molecule has 2 aromatic rings. The van der Waals surface area contributed by atoms with Crippen LogP contribution in [0.15, 0.2) is 57.4 Å². The van der Waals surface area contributed by atoms with Crippen molar-refractivity contribution in [2.75, 3.05) is 20.3 Å². The highest BCUT2D eigenvalue weighted by molar-refractivity contribution is 7.99. The van der Waals surface area contributed by atoms with Crippen LogP contribution in [0.3, 0.4) is 0 Å². The van der Waals surface area contributed by atoms with E-state index in [1.54, 1.807) is 20.1 Å². The quantitative estimate of drug-likeness (QED) is 0.462.